The van der Waals surface area contributed by atoms with Gasteiger partial charge in [0.25, 0.3) is 0 Å². The molecule has 5 nitrogen and oxygen atoms in total. The number of carbonyl (C=O) groups is 1. The van der Waals surface area contributed by atoms with Crippen LogP contribution in [0.1, 0.15) is 53.4 Å². The molecule has 1 aliphatic heterocycles. The molecule has 5 heteroatoms. The van der Waals surface area contributed by atoms with Crippen LogP contribution in [-0.2, 0) is 4.74 Å². The first-order chi connectivity index (χ1) is 8.87. The summed E-state index contributed by atoms with van der Waals surface area (Å²) in [6.07, 6.45) is 6.93. The van der Waals surface area contributed by atoms with Crippen molar-refractivity contribution in [1.82, 2.24) is 5.32 Å². The summed E-state index contributed by atoms with van der Waals surface area (Å²) >= 11 is 0. The lowest BCUT2D eigenvalue weighted by molar-refractivity contribution is 0.0524. The minimum Gasteiger partial charge on any atom is -0.444 e. The van der Waals surface area contributed by atoms with E-state index in [1.54, 1.807) is 12.4 Å². The first-order valence-corrected chi connectivity index (χ1v) is 6.93. The second-order valence-electron chi connectivity index (χ2n) is 5.82. The van der Waals surface area contributed by atoms with Crippen molar-refractivity contribution in [3.63, 3.8) is 0 Å². The number of hydrogen-bond donors (Lipinski definition) is 1. The average molecular weight is 267 g/mol. The van der Waals surface area contributed by atoms with E-state index in [0.29, 0.717) is 13.0 Å². The van der Waals surface area contributed by atoms with Crippen LogP contribution in [0, 0.1) is 0 Å². The number of amides is 1. The van der Waals surface area contributed by atoms with Gasteiger partial charge in [0.05, 0.1) is 0 Å². The first-order valence-electron chi connectivity index (χ1n) is 6.93. The van der Waals surface area contributed by atoms with Crippen LogP contribution in [0.15, 0.2) is 9.98 Å². The highest BCUT2D eigenvalue weighted by atomic mass is 16.6. The fraction of sp³-hybridized carbons (Fsp3) is 0.786. The average Bonchev–Trinajstić information content (AvgIpc) is 2.73. The van der Waals surface area contributed by atoms with Crippen molar-refractivity contribution in [2.45, 2.75) is 64.6 Å². The highest BCUT2D eigenvalue weighted by Crippen LogP contribution is 2.26. The molecule has 1 heterocycles. The van der Waals surface area contributed by atoms with Crippen molar-refractivity contribution in [3.05, 3.63) is 0 Å². The van der Waals surface area contributed by atoms with Crippen molar-refractivity contribution >= 4 is 18.5 Å². The Hall–Kier alpha value is -1.39. The van der Waals surface area contributed by atoms with E-state index in [9.17, 15) is 4.79 Å². The topological polar surface area (TPSA) is 63.0 Å². The number of rotatable bonds is 6. The lowest BCUT2D eigenvalue weighted by atomic mass is 10.0. The van der Waals surface area contributed by atoms with Crippen molar-refractivity contribution in [3.8, 4) is 0 Å². The van der Waals surface area contributed by atoms with Gasteiger partial charge in [-0.15, -0.1) is 0 Å². The molecule has 0 saturated heterocycles. The molecule has 1 rings (SSSR count). The van der Waals surface area contributed by atoms with Gasteiger partial charge in [0, 0.05) is 25.4 Å². The van der Waals surface area contributed by atoms with Gasteiger partial charge < -0.3 is 10.1 Å². The van der Waals surface area contributed by atoms with Crippen molar-refractivity contribution < 1.29 is 9.53 Å². The molecule has 1 N–H and O–H groups in total. The number of ether oxygens (including phenoxy) is 1. The molecule has 0 aromatic rings. The van der Waals surface area contributed by atoms with Gasteiger partial charge in [0.15, 0.2) is 5.66 Å². The fourth-order valence-electron chi connectivity index (χ4n) is 1.90. The fourth-order valence-corrected chi connectivity index (χ4v) is 1.90. The Kier molecular flexibility index (Phi) is 5.51. The number of nitrogens with one attached hydrogen (secondary N) is 1. The molecule has 0 fully saturated rings. The quantitative estimate of drug-likeness (QED) is 0.804. The van der Waals surface area contributed by atoms with E-state index in [0.717, 1.165) is 19.3 Å². The molecule has 1 amide bonds. The molecule has 108 valence electrons. The minimum atomic E-state index is -0.465. The van der Waals surface area contributed by atoms with E-state index in [2.05, 4.69) is 22.2 Å². The van der Waals surface area contributed by atoms with Gasteiger partial charge in [-0.05, 0) is 33.6 Å². The Morgan fingerprint density at radius 3 is 2.42 bits per heavy atom. The van der Waals surface area contributed by atoms with Crippen LogP contribution in [0.4, 0.5) is 4.79 Å². The molecule has 0 bridgehead atoms. The molecular weight excluding hydrogens is 242 g/mol. The van der Waals surface area contributed by atoms with E-state index in [1.807, 2.05) is 20.8 Å². The van der Waals surface area contributed by atoms with Crippen LogP contribution in [-0.4, -0.2) is 36.3 Å². The Bertz CT molecular complexity index is 344. The second-order valence-corrected chi connectivity index (χ2v) is 5.82. The summed E-state index contributed by atoms with van der Waals surface area (Å²) in [4.78, 5) is 20.4. The molecule has 0 unspecified atom stereocenters. The van der Waals surface area contributed by atoms with Crippen molar-refractivity contribution in [1.29, 1.82) is 0 Å². The van der Waals surface area contributed by atoms with Gasteiger partial charge in [-0.25, -0.2) is 4.79 Å². The van der Waals surface area contributed by atoms with Crippen molar-refractivity contribution in [2.75, 3.05) is 6.54 Å². The second kappa shape index (κ2) is 6.68. The summed E-state index contributed by atoms with van der Waals surface area (Å²) in [5.74, 6) is 0. The number of carbonyl (C=O) groups excluding carboxylic acids is 1. The molecule has 0 spiro atoms. The number of unbranched alkanes of at least 4 members (excludes halogenated alkanes) is 1. The first kappa shape index (κ1) is 15.7. The van der Waals surface area contributed by atoms with Crippen LogP contribution in [0.5, 0.6) is 0 Å². The standard InChI is InChI=1S/C14H25N3O2/c1-5-6-7-14(16-10-11-17-14)8-9-15-12(18)19-13(2,3)4/h10-11H,5-9H2,1-4H3,(H,15,18). The molecule has 0 aliphatic carbocycles. The van der Waals surface area contributed by atoms with E-state index < -0.39 is 5.60 Å². The maximum atomic E-state index is 11.5. The Balaban J connectivity index is 2.36. The normalized spacial score (nSPS) is 16.6. The monoisotopic (exact) mass is 267 g/mol. The number of aliphatic imine (C=N–C) groups is 2. The molecule has 0 aromatic heterocycles. The minimum absolute atomic E-state index is 0.370. The molecule has 0 saturated carbocycles. The molecule has 0 aromatic carbocycles. The highest BCUT2D eigenvalue weighted by Gasteiger charge is 2.28. The molecule has 0 atom stereocenters. The van der Waals surface area contributed by atoms with Crippen molar-refractivity contribution in [2.24, 2.45) is 9.98 Å². The van der Waals surface area contributed by atoms with Gasteiger partial charge in [-0.3, -0.25) is 9.98 Å². The molecule has 1 aliphatic rings. The maximum absolute atomic E-state index is 11.5. The largest absolute Gasteiger partial charge is 0.444 e. The summed E-state index contributed by atoms with van der Waals surface area (Å²) in [6, 6.07) is 0. The van der Waals surface area contributed by atoms with Crippen LogP contribution >= 0.6 is 0 Å². The van der Waals surface area contributed by atoms with Gasteiger partial charge in [-0.2, -0.15) is 0 Å². The molecule has 19 heavy (non-hydrogen) atoms. The zero-order valence-corrected chi connectivity index (χ0v) is 12.4. The van der Waals surface area contributed by atoms with Gasteiger partial charge in [-0.1, -0.05) is 13.3 Å². The zero-order valence-electron chi connectivity index (χ0n) is 12.4. The number of alkyl carbamates (subject to hydrolysis) is 1. The summed E-state index contributed by atoms with van der Waals surface area (Å²) in [5.41, 5.74) is -0.835. The molecule has 0 radical (unpaired) electrons. The predicted octanol–water partition coefficient (Wildman–Crippen LogP) is 2.94. The third-order valence-corrected chi connectivity index (χ3v) is 2.82. The lowest BCUT2D eigenvalue weighted by Crippen LogP contribution is -2.36. The summed E-state index contributed by atoms with van der Waals surface area (Å²) < 4.78 is 5.19. The van der Waals surface area contributed by atoms with Crippen LogP contribution < -0.4 is 5.32 Å². The summed E-state index contributed by atoms with van der Waals surface area (Å²) in [7, 11) is 0. The highest BCUT2D eigenvalue weighted by molar-refractivity contribution is 6.17. The molecular formula is C14H25N3O2. The Labute approximate surface area is 115 Å². The summed E-state index contributed by atoms with van der Waals surface area (Å²) in [5, 5.41) is 2.76. The lowest BCUT2D eigenvalue weighted by Gasteiger charge is -2.24. The predicted molar refractivity (Wildman–Crippen MR) is 78.1 cm³/mol. The Morgan fingerprint density at radius 2 is 1.89 bits per heavy atom. The SMILES string of the molecule is CCCCC1(CCNC(=O)OC(C)(C)C)N=CC=N1. The van der Waals surface area contributed by atoms with Gasteiger partial charge in [0.2, 0.25) is 0 Å². The Morgan fingerprint density at radius 1 is 1.26 bits per heavy atom. The van der Waals surface area contributed by atoms with Crippen LogP contribution in [0.3, 0.4) is 0 Å². The zero-order chi connectivity index (χ0) is 14.4. The number of hydrogen-bond acceptors (Lipinski definition) is 4. The summed E-state index contributed by atoms with van der Waals surface area (Å²) in [6.45, 7) is 8.21. The van der Waals surface area contributed by atoms with Crippen LogP contribution in [0.25, 0.3) is 0 Å². The van der Waals surface area contributed by atoms with Crippen LogP contribution in [0.2, 0.25) is 0 Å². The number of nitrogens with zero attached hydrogens (tertiary/aromatic N) is 2. The van der Waals surface area contributed by atoms with E-state index in [-0.39, 0.29) is 11.8 Å². The van der Waals surface area contributed by atoms with Gasteiger partial charge >= 0.3 is 6.09 Å². The van der Waals surface area contributed by atoms with Gasteiger partial charge in [0.1, 0.15) is 5.60 Å². The third-order valence-electron chi connectivity index (χ3n) is 2.82. The third kappa shape index (κ3) is 5.85. The van der Waals surface area contributed by atoms with E-state index in [4.69, 9.17) is 4.74 Å². The smallest absolute Gasteiger partial charge is 0.407 e. The van der Waals surface area contributed by atoms with E-state index >= 15 is 0 Å². The van der Waals surface area contributed by atoms with E-state index in [1.165, 1.54) is 0 Å². The maximum Gasteiger partial charge on any atom is 0.407 e.